The highest BCUT2D eigenvalue weighted by molar-refractivity contribution is 5.14. The third-order valence-electron chi connectivity index (χ3n) is 2.31. The molecule has 0 bridgehead atoms. The van der Waals surface area contributed by atoms with Gasteiger partial charge in [0, 0.05) is 12.6 Å². The SMILES string of the molecule is CC(CCO)NCCc1ccccc1. The van der Waals surface area contributed by atoms with Crippen molar-refractivity contribution < 1.29 is 5.11 Å². The van der Waals surface area contributed by atoms with Gasteiger partial charge in [0.1, 0.15) is 0 Å². The lowest BCUT2D eigenvalue weighted by atomic mass is 10.1. The van der Waals surface area contributed by atoms with E-state index in [1.165, 1.54) is 5.56 Å². The van der Waals surface area contributed by atoms with E-state index in [1.807, 2.05) is 6.07 Å². The van der Waals surface area contributed by atoms with Gasteiger partial charge in [-0.15, -0.1) is 0 Å². The molecule has 2 heteroatoms. The molecule has 0 spiro atoms. The predicted molar refractivity (Wildman–Crippen MR) is 59.3 cm³/mol. The Morgan fingerprint density at radius 3 is 2.64 bits per heavy atom. The molecule has 0 aliphatic rings. The van der Waals surface area contributed by atoms with Gasteiger partial charge in [-0.2, -0.15) is 0 Å². The van der Waals surface area contributed by atoms with E-state index in [0.717, 1.165) is 19.4 Å². The largest absolute Gasteiger partial charge is 0.396 e. The van der Waals surface area contributed by atoms with Crippen LogP contribution in [-0.2, 0) is 6.42 Å². The van der Waals surface area contributed by atoms with Crippen molar-refractivity contribution in [3.05, 3.63) is 35.9 Å². The van der Waals surface area contributed by atoms with Crippen LogP contribution in [0.15, 0.2) is 30.3 Å². The molecule has 1 aromatic carbocycles. The van der Waals surface area contributed by atoms with Gasteiger partial charge < -0.3 is 10.4 Å². The first-order valence-corrected chi connectivity index (χ1v) is 5.21. The van der Waals surface area contributed by atoms with E-state index >= 15 is 0 Å². The molecule has 0 radical (unpaired) electrons. The van der Waals surface area contributed by atoms with E-state index in [9.17, 15) is 0 Å². The molecule has 0 heterocycles. The molecule has 1 unspecified atom stereocenters. The zero-order chi connectivity index (χ0) is 10.2. The molecule has 0 amide bonds. The highest BCUT2D eigenvalue weighted by atomic mass is 16.3. The Labute approximate surface area is 86.0 Å². The van der Waals surface area contributed by atoms with Gasteiger partial charge in [-0.3, -0.25) is 0 Å². The van der Waals surface area contributed by atoms with E-state index in [-0.39, 0.29) is 6.61 Å². The van der Waals surface area contributed by atoms with E-state index in [2.05, 4.69) is 36.5 Å². The van der Waals surface area contributed by atoms with E-state index in [4.69, 9.17) is 5.11 Å². The molecule has 2 N–H and O–H groups in total. The van der Waals surface area contributed by atoms with Crippen molar-refractivity contribution in [1.29, 1.82) is 0 Å². The summed E-state index contributed by atoms with van der Waals surface area (Å²) in [6, 6.07) is 10.8. The van der Waals surface area contributed by atoms with Crippen LogP contribution in [0.2, 0.25) is 0 Å². The lowest BCUT2D eigenvalue weighted by molar-refractivity contribution is 0.269. The fourth-order valence-corrected chi connectivity index (χ4v) is 1.40. The maximum absolute atomic E-state index is 8.71. The first kappa shape index (κ1) is 11.2. The summed E-state index contributed by atoms with van der Waals surface area (Å²) in [4.78, 5) is 0. The van der Waals surface area contributed by atoms with Gasteiger partial charge in [-0.25, -0.2) is 0 Å². The molecule has 2 nitrogen and oxygen atoms in total. The molecule has 0 aliphatic heterocycles. The number of hydrogen-bond acceptors (Lipinski definition) is 2. The third-order valence-corrected chi connectivity index (χ3v) is 2.31. The summed E-state index contributed by atoms with van der Waals surface area (Å²) in [5, 5.41) is 12.1. The number of aliphatic hydroxyl groups excluding tert-OH is 1. The molecule has 0 fully saturated rings. The molecule has 0 aromatic heterocycles. The molecular formula is C12H19NO. The lowest BCUT2D eigenvalue weighted by Gasteiger charge is -2.11. The van der Waals surface area contributed by atoms with Crippen molar-refractivity contribution in [3.8, 4) is 0 Å². The van der Waals surface area contributed by atoms with E-state index in [1.54, 1.807) is 0 Å². The predicted octanol–water partition coefficient (Wildman–Crippen LogP) is 1.59. The molecule has 14 heavy (non-hydrogen) atoms. The monoisotopic (exact) mass is 193 g/mol. The van der Waals surface area contributed by atoms with Crippen LogP contribution in [0.3, 0.4) is 0 Å². The first-order valence-electron chi connectivity index (χ1n) is 5.21. The Hall–Kier alpha value is -0.860. The summed E-state index contributed by atoms with van der Waals surface area (Å²) in [6.45, 7) is 3.34. The van der Waals surface area contributed by atoms with Crippen molar-refractivity contribution >= 4 is 0 Å². The Kier molecular flexibility index (Phi) is 5.27. The summed E-state index contributed by atoms with van der Waals surface area (Å²) in [5.41, 5.74) is 1.36. The normalized spacial score (nSPS) is 12.7. The third kappa shape index (κ3) is 4.40. The minimum absolute atomic E-state index is 0.263. The number of rotatable bonds is 6. The lowest BCUT2D eigenvalue weighted by Crippen LogP contribution is -2.28. The quantitative estimate of drug-likeness (QED) is 0.719. The summed E-state index contributed by atoms with van der Waals surface area (Å²) >= 11 is 0. The minimum atomic E-state index is 0.263. The molecule has 0 saturated carbocycles. The van der Waals surface area contributed by atoms with Gasteiger partial charge >= 0.3 is 0 Å². The second kappa shape index (κ2) is 6.57. The zero-order valence-electron chi connectivity index (χ0n) is 8.74. The molecule has 1 atom stereocenters. The molecule has 0 aliphatic carbocycles. The Balaban J connectivity index is 2.16. The number of hydrogen-bond donors (Lipinski definition) is 2. The van der Waals surface area contributed by atoms with Crippen LogP contribution in [0.5, 0.6) is 0 Å². The van der Waals surface area contributed by atoms with Crippen LogP contribution >= 0.6 is 0 Å². The second-order valence-corrected chi connectivity index (χ2v) is 3.60. The maximum atomic E-state index is 8.71. The average Bonchev–Trinajstić information content (AvgIpc) is 2.20. The fourth-order valence-electron chi connectivity index (χ4n) is 1.40. The van der Waals surface area contributed by atoms with Crippen LogP contribution in [0.25, 0.3) is 0 Å². The second-order valence-electron chi connectivity index (χ2n) is 3.60. The number of benzene rings is 1. The Morgan fingerprint density at radius 1 is 1.29 bits per heavy atom. The number of aliphatic hydroxyl groups is 1. The van der Waals surface area contributed by atoms with Crippen LogP contribution in [0.4, 0.5) is 0 Å². The van der Waals surface area contributed by atoms with Crippen LogP contribution < -0.4 is 5.32 Å². The zero-order valence-corrected chi connectivity index (χ0v) is 8.74. The molecular weight excluding hydrogens is 174 g/mol. The molecule has 1 rings (SSSR count). The molecule has 78 valence electrons. The first-order chi connectivity index (χ1) is 6.83. The smallest absolute Gasteiger partial charge is 0.0445 e. The summed E-state index contributed by atoms with van der Waals surface area (Å²) in [5.74, 6) is 0. The highest BCUT2D eigenvalue weighted by Crippen LogP contribution is 1.98. The average molecular weight is 193 g/mol. The van der Waals surface area contributed by atoms with Crippen molar-refractivity contribution in [3.63, 3.8) is 0 Å². The van der Waals surface area contributed by atoms with Crippen molar-refractivity contribution in [2.45, 2.75) is 25.8 Å². The van der Waals surface area contributed by atoms with Crippen molar-refractivity contribution in [1.82, 2.24) is 5.32 Å². The Bertz CT molecular complexity index is 235. The highest BCUT2D eigenvalue weighted by Gasteiger charge is 1.98. The van der Waals surface area contributed by atoms with E-state index in [0.29, 0.717) is 6.04 Å². The number of nitrogens with one attached hydrogen (secondary N) is 1. The maximum Gasteiger partial charge on any atom is 0.0445 e. The summed E-state index contributed by atoms with van der Waals surface area (Å²) < 4.78 is 0. The van der Waals surface area contributed by atoms with Crippen LogP contribution in [-0.4, -0.2) is 24.3 Å². The van der Waals surface area contributed by atoms with E-state index < -0.39 is 0 Å². The van der Waals surface area contributed by atoms with Crippen LogP contribution in [0, 0.1) is 0 Å². The summed E-state index contributed by atoms with van der Waals surface area (Å²) in [7, 11) is 0. The van der Waals surface area contributed by atoms with Crippen molar-refractivity contribution in [2.24, 2.45) is 0 Å². The van der Waals surface area contributed by atoms with Crippen LogP contribution in [0.1, 0.15) is 18.9 Å². The van der Waals surface area contributed by atoms with Gasteiger partial charge in [0.05, 0.1) is 0 Å². The van der Waals surface area contributed by atoms with Gasteiger partial charge in [0.25, 0.3) is 0 Å². The minimum Gasteiger partial charge on any atom is -0.396 e. The van der Waals surface area contributed by atoms with Gasteiger partial charge in [-0.05, 0) is 31.9 Å². The topological polar surface area (TPSA) is 32.3 Å². The fraction of sp³-hybridized carbons (Fsp3) is 0.500. The molecule has 1 aromatic rings. The Morgan fingerprint density at radius 2 is 2.00 bits per heavy atom. The summed E-state index contributed by atoms with van der Waals surface area (Å²) in [6.07, 6.45) is 1.88. The van der Waals surface area contributed by atoms with Crippen molar-refractivity contribution in [2.75, 3.05) is 13.2 Å². The molecule has 0 saturated heterocycles. The van der Waals surface area contributed by atoms with Gasteiger partial charge in [0.15, 0.2) is 0 Å². The van der Waals surface area contributed by atoms with Gasteiger partial charge in [-0.1, -0.05) is 30.3 Å². The van der Waals surface area contributed by atoms with Gasteiger partial charge in [0.2, 0.25) is 0 Å². The standard InChI is InChI=1S/C12H19NO/c1-11(8-10-14)13-9-7-12-5-3-2-4-6-12/h2-6,11,13-14H,7-10H2,1H3.